The molecule has 1 rings (SSSR count). The van der Waals surface area contributed by atoms with Crippen LogP contribution in [0.2, 0.25) is 0 Å². The Morgan fingerprint density at radius 1 is 1.26 bits per heavy atom. The van der Waals surface area contributed by atoms with Gasteiger partial charge in [0.05, 0.1) is 10.6 Å². The third kappa shape index (κ3) is 6.03. The number of hydrogen-bond acceptors (Lipinski definition) is 3. The van der Waals surface area contributed by atoms with E-state index in [0.717, 1.165) is 25.9 Å². The van der Waals surface area contributed by atoms with Gasteiger partial charge in [-0.05, 0) is 32.4 Å². The van der Waals surface area contributed by atoms with Gasteiger partial charge in [-0.1, -0.05) is 30.4 Å². The van der Waals surface area contributed by atoms with Gasteiger partial charge in [-0.15, -0.1) is 0 Å². The molecule has 0 aliphatic rings. The molecule has 0 spiro atoms. The van der Waals surface area contributed by atoms with Crippen LogP contribution in [0.1, 0.15) is 26.7 Å². The fraction of sp³-hybridized carbons (Fsp3) is 0.533. The predicted octanol–water partition coefficient (Wildman–Crippen LogP) is 2.98. The van der Waals surface area contributed by atoms with Crippen molar-refractivity contribution in [1.29, 1.82) is 0 Å². The minimum absolute atomic E-state index is 0.115. The summed E-state index contributed by atoms with van der Waals surface area (Å²) in [6.45, 7) is 5.97. The molecule has 1 aromatic rings. The second-order valence-corrected chi connectivity index (χ2v) is 5.78. The predicted molar refractivity (Wildman–Crippen MR) is 85.8 cm³/mol. The SMILES string of the molecule is COC(C)(C)CCN(CCC(N)=S)c1ccccc1. The molecule has 0 unspecified atom stereocenters. The van der Waals surface area contributed by atoms with Crippen LogP contribution in [0.4, 0.5) is 5.69 Å². The van der Waals surface area contributed by atoms with Crippen LogP contribution < -0.4 is 10.6 Å². The summed E-state index contributed by atoms with van der Waals surface area (Å²) < 4.78 is 5.47. The summed E-state index contributed by atoms with van der Waals surface area (Å²) in [7, 11) is 1.75. The first-order valence-electron chi connectivity index (χ1n) is 6.58. The molecule has 0 atom stereocenters. The Hall–Kier alpha value is -1.13. The van der Waals surface area contributed by atoms with Crippen LogP contribution in [0.5, 0.6) is 0 Å². The molecule has 0 aliphatic heterocycles. The van der Waals surface area contributed by atoms with Gasteiger partial charge < -0.3 is 15.4 Å². The van der Waals surface area contributed by atoms with Crippen LogP contribution in [0.3, 0.4) is 0 Å². The molecule has 0 aliphatic carbocycles. The number of nitrogens with zero attached hydrogens (tertiary/aromatic N) is 1. The first-order valence-corrected chi connectivity index (χ1v) is 6.99. The molecule has 0 fully saturated rings. The normalized spacial score (nSPS) is 11.3. The third-order valence-corrected chi connectivity index (χ3v) is 3.49. The Kier molecular flexibility index (Phi) is 6.25. The molecular weight excluding hydrogens is 256 g/mol. The van der Waals surface area contributed by atoms with Crippen LogP contribution in [0.25, 0.3) is 0 Å². The number of rotatable bonds is 8. The van der Waals surface area contributed by atoms with E-state index in [0.29, 0.717) is 4.99 Å². The Morgan fingerprint density at radius 3 is 2.42 bits per heavy atom. The van der Waals surface area contributed by atoms with Gasteiger partial charge in [0.1, 0.15) is 0 Å². The molecule has 0 saturated carbocycles. The number of ether oxygens (including phenoxy) is 1. The summed E-state index contributed by atoms with van der Waals surface area (Å²) in [6, 6.07) is 10.3. The van der Waals surface area contributed by atoms with Crippen molar-refractivity contribution in [3.05, 3.63) is 30.3 Å². The number of nitrogens with two attached hydrogens (primary N) is 1. The topological polar surface area (TPSA) is 38.5 Å². The van der Waals surface area contributed by atoms with Crippen LogP contribution in [0, 0.1) is 0 Å². The van der Waals surface area contributed by atoms with Crippen LogP contribution in [-0.4, -0.2) is 30.8 Å². The molecule has 0 aromatic heterocycles. The van der Waals surface area contributed by atoms with E-state index in [-0.39, 0.29) is 5.60 Å². The van der Waals surface area contributed by atoms with Crippen LogP contribution in [0.15, 0.2) is 30.3 Å². The quantitative estimate of drug-likeness (QED) is 0.743. The molecule has 0 heterocycles. The van der Waals surface area contributed by atoms with Crippen molar-refractivity contribution in [1.82, 2.24) is 0 Å². The van der Waals surface area contributed by atoms with Crippen molar-refractivity contribution < 1.29 is 4.74 Å². The zero-order valence-electron chi connectivity index (χ0n) is 12.1. The second kappa shape index (κ2) is 7.46. The van der Waals surface area contributed by atoms with Crippen LogP contribution in [-0.2, 0) is 4.74 Å². The zero-order chi connectivity index (χ0) is 14.3. The van der Waals surface area contributed by atoms with Crippen molar-refractivity contribution >= 4 is 22.9 Å². The van der Waals surface area contributed by atoms with Crippen molar-refractivity contribution in [2.24, 2.45) is 5.73 Å². The molecule has 106 valence electrons. The number of thiocarbonyl (C=S) groups is 1. The van der Waals surface area contributed by atoms with E-state index >= 15 is 0 Å². The van der Waals surface area contributed by atoms with Gasteiger partial charge in [0, 0.05) is 32.3 Å². The largest absolute Gasteiger partial charge is 0.393 e. The van der Waals surface area contributed by atoms with Gasteiger partial charge in [0.15, 0.2) is 0 Å². The fourth-order valence-electron chi connectivity index (χ4n) is 1.76. The molecule has 4 heteroatoms. The maximum atomic E-state index is 5.61. The van der Waals surface area contributed by atoms with Gasteiger partial charge in [-0.3, -0.25) is 0 Å². The summed E-state index contributed by atoms with van der Waals surface area (Å²) in [5.41, 5.74) is 6.69. The smallest absolute Gasteiger partial charge is 0.0745 e. The molecule has 19 heavy (non-hydrogen) atoms. The summed E-state index contributed by atoms with van der Waals surface area (Å²) in [5, 5.41) is 0. The van der Waals surface area contributed by atoms with E-state index in [1.807, 2.05) is 18.2 Å². The molecule has 1 aromatic carbocycles. The number of para-hydroxylation sites is 1. The second-order valence-electron chi connectivity index (χ2n) is 5.25. The Bertz CT molecular complexity index is 392. The first kappa shape index (κ1) is 15.9. The monoisotopic (exact) mass is 280 g/mol. The average molecular weight is 280 g/mol. The van der Waals surface area contributed by atoms with Gasteiger partial charge in [0.25, 0.3) is 0 Å². The highest BCUT2D eigenvalue weighted by molar-refractivity contribution is 7.80. The summed E-state index contributed by atoms with van der Waals surface area (Å²) >= 11 is 4.97. The van der Waals surface area contributed by atoms with E-state index in [1.54, 1.807) is 7.11 Å². The van der Waals surface area contributed by atoms with Crippen molar-refractivity contribution in [2.75, 3.05) is 25.1 Å². The average Bonchev–Trinajstić information content (AvgIpc) is 2.39. The van der Waals surface area contributed by atoms with Crippen molar-refractivity contribution in [3.8, 4) is 0 Å². The molecule has 0 radical (unpaired) electrons. The zero-order valence-corrected chi connectivity index (χ0v) is 12.9. The van der Waals surface area contributed by atoms with E-state index in [4.69, 9.17) is 22.7 Å². The van der Waals surface area contributed by atoms with E-state index in [2.05, 4.69) is 30.9 Å². The van der Waals surface area contributed by atoms with Gasteiger partial charge in [0.2, 0.25) is 0 Å². The molecule has 0 saturated heterocycles. The lowest BCUT2D eigenvalue weighted by atomic mass is 10.0. The highest BCUT2D eigenvalue weighted by Gasteiger charge is 2.18. The Labute approximate surface area is 121 Å². The maximum Gasteiger partial charge on any atom is 0.0745 e. The minimum Gasteiger partial charge on any atom is -0.393 e. The highest BCUT2D eigenvalue weighted by atomic mass is 32.1. The molecule has 2 N–H and O–H groups in total. The van der Waals surface area contributed by atoms with E-state index < -0.39 is 0 Å². The lowest BCUT2D eigenvalue weighted by Crippen LogP contribution is -2.34. The molecule has 0 bridgehead atoms. The fourth-order valence-corrected chi connectivity index (χ4v) is 1.85. The number of benzene rings is 1. The molecule has 3 nitrogen and oxygen atoms in total. The first-order chi connectivity index (χ1) is 8.94. The molecule has 0 amide bonds. The van der Waals surface area contributed by atoms with Crippen molar-refractivity contribution in [3.63, 3.8) is 0 Å². The lowest BCUT2D eigenvalue weighted by Gasteiger charge is -2.30. The molecular formula is C15H24N2OS. The number of hydrogen-bond donors (Lipinski definition) is 1. The van der Waals surface area contributed by atoms with E-state index in [9.17, 15) is 0 Å². The van der Waals surface area contributed by atoms with Gasteiger partial charge >= 0.3 is 0 Å². The third-order valence-electron chi connectivity index (χ3n) is 3.29. The number of anilines is 1. The van der Waals surface area contributed by atoms with Gasteiger partial charge in [-0.25, -0.2) is 0 Å². The minimum atomic E-state index is -0.115. The van der Waals surface area contributed by atoms with Gasteiger partial charge in [-0.2, -0.15) is 0 Å². The maximum absolute atomic E-state index is 5.61. The lowest BCUT2D eigenvalue weighted by molar-refractivity contribution is 0.0172. The van der Waals surface area contributed by atoms with E-state index in [1.165, 1.54) is 5.69 Å². The van der Waals surface area contributed by atoms with Crippen molar-refractivity contribution in [2.45, 2.75) is 32.3 Å². The standard InChI is InChI=1S/C15H24N2OS/c1-15(2,18-3)10-12-17(11-9-14(16)19)13-7-5-4-6-8-13/h4-8H,9-12H2,1-3H3,(H2,16,19). The summed E-state index contributed by atoms with van der Waals surface area (Å²) in [6.07, 6.45) is 1.69. The van der Waals surface area contributed by atoms with Crippen LogP contribution >= 0.6 is 12.2 Å². The summed E-state index contributed by atoms with van der Waals surface area (Å²) in [4.78, 5) is 2.87. The summed E-state index contributed by atoms with van der Waals surface area (Å²) in [5.74, 6) is 0. The highest BCUT2D eigenvalue weighted by Crippen LogP contribution is 2.19. The Balaban J connectivity index is 2.67. The number of methoxy groups -OCH3 is 1. The Morgan fingerprint density at radius 2 is 1.89 bits per heavy atom.